The van der Waals surface area contributed by atoms with Gasteiger partial charge in [0, 0.05) is 117 Å². The Bertz CT molecular complexity index is 1890. The number of carbonyl (C=O) groups is 2. The number of pyridine rings is 1. The van der Waals surface area contributed by atoms with E-state index in [0.29, 0.717) is 43.9 Å². The third kappa shape index (κ3) is 8.75. The number of aldehydes is 1. The number of nitrogens with two attached hydrogens (primary N) is 1. The van der Waals surface area contributed by atoms with Crippen molar-refractivity contribution in [3.63, 3.8) is 0 Å². The topological polar surface area (TPSA) is 148 Å². The number of fused-ring (bicyclic) bond motifs is 1. The molecule has 0 aliphatic carbocycles. The lowest BCUT2D eigenvalue weighted by atomic mass is 9.93. The smallest absolute Gasteiger partial charge is 0.219 e. The maximum Gasteiger partial charge on any atom is 0.219 e. The molecular formula is C40H49N7O5. The van der Waals surface area contributed by atoms with Gasteiger partial charge in [0.25, 0.3) is 0 Å². The minimum Gasteiger partial charge on any atom is -0.400 e. The van der Waals surface area contributed by atoms with Crippen LogP contribution in [0, 0.1) is 0 Å². The number of likely N-dealkylation sites (tertiary alicyclic amines) is 1. The van der Waals surface area contributed by atoms with Crippen LogP contribution in [0.25, 0.3) is 27.7 Å². The van der Waals surface area contributed by atoms with Crippen LogP contribution in [0.5, 0.6) is 0 Å². The summed E-state index contributed by atoms with van der Waals surface area (Å²) in [6.07, 6.45) is 11.3. The molecule has 12 heteroatoms. The van der Waals surface area contributed by atoms with Gasteiger partial charge in [0.15, 0.2) is 0 Å². The van der Waals surface area contributed by atoms with Crippen LogP contribution in [-0.4, -0.2) is 108 Å². The first-order valence-electron chi connectivity index (χ1n) is 18.1. The maximum absolute atomic E-state index is 12.4. The third-order valence-corrected chi connectivity index (χ3v) is 10.1. The van der Waals surface area contributed by atoms with Crippen molar-refractivity contribution in [1.29, 1.82) is 0 Å². The zero-order chi connectivity index (χ0) is 36.5. The van der Waals surface area contributed by atoms with Crippen molar-refractivity contribution in [3.8, 4) is 11.3 Å². The summed E-state index contributed by atoms with van der Waals surface area (Å²) in [5.74, 6) is 0.0393. The molecular weight excluding hydrogens is 658 g/mol. The molecule has 1 amide bonds. The molecule has 3 aliphatic heterocycles. The Morgan fingerprint density at radius 2 is 1.83 bits per heavy atom. The Morgan fingerprint density at radius 1 is 1.06 bits per heavy atom. The summed E-state index contributed by atoms with van der Waals surface area (Å²) in [5.41, 5.74) is 14.0. The number of rotatable bonds is 9. The highest BCUT2D eigenvalue weighted by molar-refractivity contribution is 6.10. The first-order chi connectivity index (χ1) is 25.4. The quantitative estimate of drug-likeness (QED) is 0.235. The zero-order valence-corrected chi connectivity index (χ0v) is 30.1. The summed E-state index contributed by atoms with van der Waals surface area (Å²) in [6.45, 7) is 7.25. The van der Waals surface area contributed by atoms with Crippen molar-refractivity contribution in [2.45, 2.75) is 57.7 Å². The predicted octanol–water partition coefficient (Wildman–Crippen LogP) is 4.75. The van der Waals surface area contributed by atoms with Gasteiger partial charge < -0.3 is 30.1 Å². The molecule has 0 atom stereocenters. The molecule has 0 saturated carbocycles. The van der Waals surface area contributed by atoms with Gasteiger partial charge in [-0.1, -0.05) is 18.2 Å². The molecule has 12 nitrogen and oxygen atoms in total. The van der Waals surface area contributed by atoms with Crippen LogP contribution in [-0.2, 0) is 20.8 Å². The number of aliphatic imine (C=N–C) groups is 1. The van der Waals surface area contributed by atoms with Crippen LogP contribution >= 0.6 is 0 Å². The zero-order valence-electron chi connectivity index (χ0n) is 30.1. The van der Waals surface area contributed by atoms with Gasteiger partial charge in [-0.15, -0.1) is 0 Å². The molecule has 4 aromatic rings. The van der Waals surface area contributed by atoms with E-state index < -0.39 is 0 Å². The van der Waals surface area contributed by atoms with E-state index in [2.05, 4.69) is 22.1 Å². The number of hydrogen-bond donors (Lipinski definition) is 2. The molecule has 7 rings (SSSR count). The van der Waals surface area contributed by atoms with Crippen molar-refractivity contribution in [2.75, 3.05) is 58.0 Å². The highest BCUT2D eigenvalue weighted by Crippen LogP contribution is 2.30. The first-order valence-corrected chi connectivity index (χ1v) is 18.1. The highest BCUT2D eigenvalue weighted by Gasteiger charge is 2.27. The average molecular weight is 708 g/mol. The van der Waals surface area contributed by atoms with Gasteiger partial charge in [-0.05, 0) is 61.4 Å². The largest absolute Gasteiger partial charge is 0.400 e. The molecule has 0 unspecified atom stereocenters. The summed E-state index contributed by atoms with van der Waals surface area (Å²) in [7, 11) is 1.00. The van der Waals surface area contributed by atoms with Crippen molar-refractivity contribution in [2.24, 2.45) is 10.7 Å². The molecule has 274 valence electrons. The van der Waals surface area contributed by atoms with E-state index in [1.807, 2.05) is 64.6 Å². The normalized spacial score (nSPS) is 19.0. The second-order valence-corrected chi connectivity index (χ2v) is 13.4. The summed E-state index contributed by atoms with van der Waals surface area (Å²) < 4.78 is 13.7. The lowest BCUT2D eigenvalue weighted by Crippen LogP contribution is -2.40. The van der Waals surface area contributed by atoms with Gasteiger partial charge in [0.1, 0.15) is 6.29 Å². The maximum atomic E-state index is 12.4. The van der Waals surface area contributed by atoms with Crippen LogP contribution in [0.1, 0.15) is 54.9 Å². The van der Waals surface area contributed by atoms with Crippen LogP contribution in [0.3, 0.4) is 0 Å². The Hall–Kier alpha value is -4.91. The SMILES string of the molecule is CC(=O)N1CCC(=NC2CCOCC2)/C(=C(\N)c2cccc3cc(-c4cnn(CCOC5CCN(c6ccc(C=O)cc6)CC5)c4)ncc23)C1.CO. The monoisotopic (exact) mass is 707 g/mol. The lowest BCUT2D eigenvalue weighted by Gasteiger charge is -2.33. The minimum atomic E-state index is 0.0393. The number of aliphatic hydroxyl groups is 1. The number of aromatic nitrogens is 3. The van der Waals surface area contributed by atoms with Crippen molar-refractivity contribution >= 4 is 40.1 Å². The number of ether oxygens (including phenoxy) is 2. The number of carbonyl (C=O) groups excluding carboxylic acids is 2. The van der Waals surface area contributed by atoms with Crippen LogP contribution in [0.4, 0.5) is 5.69 Å². The average Bonchev–Trinajstić information content (AvgIpc) is 3.68. The fourth-order valence-corrected chi connectivity index (χ4v) is 7.14. The first kappa shape index (κ1) is 36.9. The Balaban J connectivity index is 0.00000228. The fourth-order valence-electron chi connectivity index (χ4n) is 7.14. The van der Waals surface area contributed by atoms with E-state index >= 15 is 0 Å². The van der Waals surface area contributed by atoms with Crippen LogP contribution in [0.15, 0.2) is 77.7 Å². The number of benzene rings is 2. The van der Waals surface area contributed by atoms with Gasteiger partial charge in [-0.3, -0.25) is 24.2 Å². The van der Waals surface area contributed by atoms with Crippen LogP contribution < -0.4 is 10.6 Å². The fraction of sp³-hybridized carbons (Fsp3) is 0.425. The number of anilines is 1. The number of nitrogens with zero attached hydrogens (tertiary/aromatic N) is 6. The Morgan fingerprint density at radius 3 is 2.56 bits per heavy atom. The Kier molecular flexibility index (Phi) is 12.4. The molecule has 3 fully saturated rings. The second kappa shape index (κ2) is 17.5. The van der Waals surface area contributed by atoms with E-state index in [-0.39, 0.29) is 18.1 Å². The van der Waals surface area contributed by atoms with Crippen molar-refractivity contribution in [3.05, 3.63) is 83.8 Å². The molecule has 3 aliphatic rings. The van der Waals surface area contributed by atoms with Crippen LogP contribution in [0.2, 0.25) is 0 Å². The summed E-state index contributed by atoms with van der Waals surface area (Å²) in [4.78, 5) is 37.5. The lowest BCUT2D eigenvalue weighted by molar-refractivity contribution is -0.128. The minimum absolute atomic E-state index is 0.0393. The molecule has 3 N–H and O–H groups in total. The summed E-state index contributed by atoms with van der Waals surface area (Å²) in [5, 5.41) is 13.6. The van der Waals surface area contributed by atoms with Crippen molar-refractivity contribution < 1.29 is 24.2 Å². The third-order valence-electron chi connectivity index (χ3n) is 10.1. The van der Waals surface area contributed by atoms with E-state index in [4.69, 9.17) is 30.3 Å². The summed E-state index contributed by atoms with van der Waals surface area (Å²) in [6, 6.07) is 16.2. The molecule has 52 heavy (non-hydrogen) atoms. The second-order valence-electron chi connectivity index (χ2n) is 13.4. The van der Waals surface area contributed by atoms with E-state index in [1.54, 1.807) is 6.92 Å². The van der Waals surface area contributed by atoms with Gasteiger partial charge in [0.05, 0.1) is 37.2 Å². The Labute approximate surface area is 304 Å². The number of hydrogen-bond acceptors (Lipinski definition) is 10. The molecule has 2 aromatic carbocycles. The van der Waals surface area contributed by atoms with Gasteiger partial charge in [-0.25, -0.2) is 0 Å². The molecule has 0 spiro atoms. The number of piperidine rings is 2. The van der Waals surface area contributed by atoms with E-state index in [9.17, 15) is 9.59 Å². The molecule has 2 aromatic heterocycles. The van der Waals surface area contributed by atoms with Gasteiger partial charge in [-0.2, -0.15) is 5.10 Å². The molecule has 3 saturated heterocycles. The molecule has 0 radical (unpaired) electrons. The van der Waals surface area contributed by atoms with Gasteiger partial charge in [0.2, 0.25) is 5.91 Å². The highest BCUT2D eigenvalue weighted by atomic mass is 16.5. The standard InChI is InChI=1S/C39H45N7O4.CH4O/c1-27(48)45-16-11-37(43-31-12-18-49-19-13-31)36(25-45)39(40)34-4-2-3-29-21-38(41-23-35(29)34)30-22-42-46(24-30)17-20-50-33-9-14-44(15-10-33)32-7-5-28(26-47)6-8-32;1-2/h2-8,21-24,26,31,33H,9-20,25,40H2,1H3;2H,1H3/b39-36-,43-37?;. The number of amides is 1. The molecule has 0 bridgehead atoms. The van der Waals surface area contributed by atoms with E-state index in [1.165, 1.54) is 0 Å². The number of aliphatic hydroxyl groups excluding tert-OH is 1. The van der Waals surface area contributed by atoms with Gasteiger partial charge >= 0.3 is 0 Å². The predicted molar refractivity (Wildman–Crippen MR) is 203 cm³/mol. The van der Waals surface area contributed by atoms with E-state index in [0.717, 1.165) is 110 Å². The molecule has 5 heterocycles. The summed E-state index contributed by atoms with van der Waals surface area (Å²) >= 11 is 0. The van der Waals surface area contributed by atoms with Crippen molar-refractivity contribution in [1.82, 2.24) is 19.7 Å².